The minimum atomic E-state index is -1.07. The number of nitrogens with zero attached hydrogens (tertiary/aromatic N) is 1. The fourth-order valence-electron chi connectivity index (χ4n) is 5.69. The monoisotopic (exact) mass is 559 g/mol. The Morgan fingerprint density at radius 2 is 1.46 bits per heavy atom. The number of amides is 1. The van der Waals surface area contributed by atoms with Crippen LogP contribution in [-0.4, -0.2) is 55.7 Å². The number of piperidine rings is 2. The second-order valence-corrected chi connectivity index (χ2v) is 11.2. The summed E-state index contributed by atoms with van der Waals surface area (Å²) < 4.78 is 33.4. The SMILES string of the molecule is CC(C(=O)NC1CCN(C/C=C/c2ccc(OC3CCNCC3)cc2)CC1)(c1ccc(F)cc1)c1ccc(F)cc1. The Kier molecular flexibility index (Phi) is 9.47. The standard InChI is InChI=1S/C34H39F2N3O2/c1-34(26-6-10-28(35)11-7-26,27-8-12-29(36)13-9-27)33(40)38-30-18-23-39(24-19-30)22-2-3-25-4-14-31(15-5-25)41-32-16-20-37-21-17-32/h2-15,30,32,37H,16-24H2,1H3,(H,38,40)/b3-2+. The molecule has 0 unspecified atom stereocenters. The van der Waals surface area contributed by atoms with Gasteiger partial charge in [0.15, 0.2) is 0 Å². The van der Waals surface area contributed by atoms with E-state index in [0.29, 0.717) is 17.2 Å². The van der Waals surface area contributed by atoms with Gasteiger partial charge in [-0.2, -0.15) is 0 Å². The summed E-state index contributed by atoms with van der Waals surface area (Å²) in [6, 6.07) is 20.2. The average molecular weight is 560 g/mol. The van der Waals surface area contributed by atoms with E-state index in [1.54, 1.807) is 24.3 Å². The Bertz CT molecular complexity index is 1250. The van der Waals surface area contributed by atoms with Crippen molar-refractivity contribution in [3.63, 3.8) is 0 Å². The summed E-state index contributed by atoms with van der Waals surface area (Å²) in [6.07, 6.45) is 8.38. The second-order valence-electron chi connectivity index (χ2n) is 11.2. The molecule has 1 amide bonds. The van der Waals surface area contributed by atoms with Crippen LogP contribution in [0.25, 0.3) is 6.08 Å². The fourth-order valence-corrected chi connectivity index (χ4v) is 5.69. The molecule has 0 atom stereocenters. The number of hydrogen-bond acceptors (Lipinski definition) is 4. The smallest absolute Gasteiger partial charge is 0.235 e. The Hall–Kier alpha value is -3.55. The van der Waals surface area contributed by atoms with Crippen molar-refractivity contribution in [1.29, 1.82) is 0 Å². The summed E-state index contributed by atoms with van der Waals surface area (Å²) in [5, 5.41) is 6.60. The molecule has 41 heavy (non-hydrogen) atoms. The van der Waals surface area contributed by atoms with Gasteiger partial charge in [-0.3, -0.25) is 9.69 Å². The van der Waals surface area contributed by atoms with E-state index in [0.717, 1.165) is 69.7 Å². The van der Waals surface area contributed by atoms with Crippen LogP contribution in [0.1, 0.15) is 49.3 Å². The van der Waals surface area contributed by atoms with Gasteiger partial charge in [0, 0.05) is 25.7 Å². The van der Waals surface area contributed by atoms with Crippen LogP contribution < -0.4 is 15.4 Å². The molecule has 0 aromatic heterocycles. The summed E-state index contributed by atoms with van der Waals surface area (Å²) in [5.41, 5.74) is 1.40. The van der Waals surface area contributed by atoms with E-state index >= 15 is 0 Å². The quantitative estimate of drug-likeness (QED) is 0.354. The maximum Gasteiger partial charge on any atom is 0.235 e. The number of benzene rings is 3. The van der Waals surface area contributed by atoms with E-state index in [-0.39, 0.29) is 23.6 Å². The molecule has 3 aromatic carbocycles. The highest BCUT2D eigenvalue weighted by atomic mass is 19.1. The minimum Gasteiger partial charge on any atom is -0.490 e. The zero-order valence-corrected chi connectivity index (χ0v) is 23.6. The van der Waals surface area contributed by atoms with Crippen LogP contribution in [0.3, 0.4) is 0 Å². The number of hydrogen-bond donors (Lipinski definition) is 2. The largest absolute Gasteiger partial charge is 0.490 e. The predicted octanol–water partition coefficient (Wildman–Crippen LogP) is 5.70. The number of carbonyl (C=O) groups excluding carboxylic acids is 1. The lowest BCUT2D eigenvalue weighted by Crippen LogP contribution is -2.50. The molecule has 0 radical (unpaired) electrons. The van der Waals surface area contributed by atoms with Crippen molar-refractivity contribution in [3.05, 3.63) is 107 Å². The molecule has 0 aliphatic carbocycles. The van der Waals surface area contributed by atoms with Crippen LogP contribution in [0.15, 0.2) is 78.9 Å². The molecule has 2 saturated heterocycles. The first-order valence-corrected chi connectivity index (χ1v) is 14.6. The summed E-state index contributed by atoms with van der Waals surface area (Å²) in [7, 11) is 0. The van der Waals surface area contributed by atoms with Crippen LogP contribution in [0.2, 0.25) is 0 Å². The number of halogens is 2. The highest BCUT2D eigenvalue weighted by Gasteiger charge is 2.38. The van der Waals surface area contributed by atoms with Crippen LogP contribution in [0.5, 0.6) is 5.75 Å². The molecule has 2 N–H and O–H groups in total. The van der Waals surface area contributed by atoms with Gasteiger partial charge in [-0.05, 0) is 98.8 Å². The van der Waals surface area contributed by atoms with Crippen molar-refractivity contribution in [2.45, 2.75) is 50.2 Å². The highest BCUT2D eigenvalue weighted by Crippen LogP contribution is 2.33. The molecule has 3 aromatic rings. The van der Waals surface area contributed by atoms with Crippen molar-refractivity contribution < 1.29 is 18.3 Å². The van der Waals surface area contributed by atoms with Gasteiger partial charge in [0.2, 0.25) is 5.91 Å². The molecule has 0 saturated carbocycles. The molecule has 2 aliphatic heterocycles. The lowest BCUT2D eigenvalue weighted by atomic mass is 9.75. The van der Waals surface area contributed by atoms with Crippen LogP contribution in [-0.2, 0) is 10.2 Å². The molecule has 5 rings (SSSR count). The zero-order valence-electron chi connectivity index (χ0n) is 23.6. The highest BCUT2D eigenvalue weighted by molar-refractivity contribution is 5.91. The number of rotatable bonds is 9. The van der Waals surface area contributed by atoms with Crippen LogP contribution >= 0.6 is 0 Å². The summed E-state index contributed by atoms with van der Waals surface area (Å²) in [5.74, 6) is 0.0288. The maximum absolute atomic E-state index is 13.7. The fraction of sp³-hybridized carbons (Fsp3) is 0.382. The van der Waals surface area contributed by atoms with Gasteiger partial charge in [0.25, 0.3) is 0 Å². The minimum absolute atomic E-state index is 0.0374. The summed E-state index contributed by atoms with van der Waals surface area (Å²) in [4.78, 5) is 16.1. The van der Waals surface area contributed by atoms with Crippen molar-refractivity contribution in [2.75, 3.05) is 32.7 Å². The normalized spacial score (nSPS) is 17.5. The number of likely N-dealkylation sites (tertiary alicyclic amines) is 1. The third-order valence-electron chi connectivity index (χ3n) is 8.36. The average Bonchev–Trinajstić information content (AvgIpc) is 3.00. The first-order chi connectivity index (χ1) is 19.9. The third kappa shape index (κ3) is 7.40. The number of carbonyl (C=O) groups is 1. The maximum atomic E-state index is 13.7. The second kappa shape index (κ2) is 13.4. The van der Waals surface area contributed by atoms with E-state index in [9.17, 15) is 13.6 Å². The Balaban J connectivity index is 1.13. The third-order valence-corrected chi connectivity index (χ3v) is 8.36. The van der Waals surface area contributed by atoms with Crippen LogP contribution in [0, 0.1) is 11.6 Å². The molecular formula is C34H39F2N3O2. The van der Waals surface area contributed by atoms with Crippen LogP contribution in [0.4, 0.5) is 8.78 Å². The van der Waals surface area contributed by atoms with E-state index in [1.807, 2.05) is 19.1 Å². The number of ether oxygens (including phenoxy) is 1. The lowest BCUT2D eigenvalue weighted by Gasteiger charge is -2.35. The van der Waals surface area contributed by atoms with Gasteiger partial charge < -0.3 is 15.4 Å². The van der Waals surface area contributed by atoms with E-state index in [2.05, 4.69) is 39.8 Å². The first kappa shape index (κ1) is 29.0. The molecule has 2 heterocycles. The first-order valence-electron chi connectivity index (χ1n) is 14.6. The predicted molar refractivity (Wildman–Crippen MR) is 159 cm³/mol. The molecular weight excluding hydrogens is 520 g/mol. The molecule has 2 aliphatic rings. The van der Waals surface area contributed by atoms with E-state index < -0.39 is 5.41 Å². The van der Waals surface area contributed by atoms with Gasteiger partial charge in [0.1, 0.15) is 23.5 Å². The lowest BCUT2D eigenvalue weighted by molar-refractivity contribution is -0.125. The summed E-state index contributed by atoms with van der Waals surface area (Å²) in [6.45, 7) is 6.44. The molecule has 0 bridgehead atoms. The topological polar surface area (TPSA) is 53.6 Å². The van der Waals surface area contributed by atoms with Crippen molar-refractivity contribution >= 4 is 12.0 Å². The molecule has 5 nitrogen and oxygen atoms in total. The van der Waals surface area contributed by atoms with Gasteiger partial charge in [0.05, 0.1) is 5.41 Å². The molecule has 7 heteroatoms. The van der Waals surface area contributed by atoms with E-state index in [1.165, 1.54) is 24.3 Å². The Morgan fingerprint density at radius 1 is 0.902 bits per heavy atom. The zero-order chi connectivity index (χ0) is 28.7. The van der Waals surface area contributed by atoms with E-state index in [4.69, 9.17) is 4.74 Å². The van der Waals surface area contributed by atoms with Gasteiger partial charge in [-0.25, -0.2) is 8.78 Å². The Morgan fingerprint density at radius 3 is 2.02 bits per heavy atom. The molecule has 2 fully saturated rings. The molecule has 0 spiro atoms. The molecule has 216 valence electrons. The van der Waals surface area contributed by atoms with Gasteiger partial charge >= 0.3 is 0 Å². The Labute approximate surface area is 241 Å². The van der Waals surface area contributed by atoms with Crippen molar-refractivity contribution in [3.8, 4) is 5.75 Å². The van der Waals surface area contributed by atoms with Gasteiger partial charge in [-0.15, -0.1) is 0 Å². The number of nitrogens with one attached hydrogen (secondary N) is 2. The summed E-state index contributed by atoms with van der Waals surface area (Å²) >= 11 is 0. The van der Waals surface area contributed by atoms with Crippen molar-refractivity contribution in [2.24, 2.45) is 0 Å². The van der Waals surface area contributed by atoms with Gasteiger partial charge in [-0.1, -0.05) is 48.6 Å². The van der Waals surface area contributed by atoms with Crippen molar-refractivity contribution in [1.82, 2.24) is 15.5 Å².